The van der Waals surface area contributed by atoms with Gasteiger partial charge in [0.05, 0.1) is 11.1 Å². The van der Waals surface area contributed by atoms with Crippen molar-refractivity contribution >= 4 is 40.0 Å². The fourth-order valence-electron chi connectivity index (χ4n) is 2.38. The zero-order valence-electron chi connectivity index (χ0n) is 12.9. The van der Waals surface area contributed by atoms with Crippen molar-refractivity contribution in [1.29, 1.82) is 0 Å². The van der Waals surface area contributed by atoms with Crippen LogP contribution in [-0.4, -0.2) is 34.7 Å². The quantitative estimate of drug-likeness (QED) is 0.630. The van der Waals surface area contributed by atoms with Crippen LogP contribution >= 0.6 is 11.3 Å². The number of benzene rings is 1. The Labute approximate surface area is 142 Å². The molecule has 2 heterocycles. The molecule has 0 amide bonds. The summed E-state index contributed by atoms with van der Waals surface area (Å²) in [7, 11) is 1.64. The fourth-order valence-corrected chi connectivity index (χ4v) is 3.18. The highest BCUT2D eigenvalue weighted by Crippen LogP contribution is 2.26. The Hall–Kier alpha value is -2.71. The molecule has 7 nitrogen and oxygen atoms in total. The number of aromatic nitrogens is 2. The molecule has 0 bridgehead atoms. The molecular formula is C16H16N4O3S. The fraction of sp³-hybridized carbons (Fsp3) is 0.188. The summed E-state index contributed by atoms with van der Waals surface area (Å²) in [6.45, 7) is 0.472. The van der Waals surface area contributed by atoms with Crippen molar-refractivity contribution in [3.63, 3.8) is 0 Å². The van der Waals surface area contributed by atoms with E-state index in [0.29, 0.717) is 23.3 Å². The van der Waals surface area contributed by atoms with Crippen molar-refractivity contribution in [3.8, 4) is 0 Å². The molecule has 1 aromatic carbocycles. The van der Waals surface area contributed by atoms with Crippen molar-refractivity contribution < 1.29 is 14.6 Å². The number of aromatic carboxylic acids is 1. The van der Waals surface area contributed by atoms with E-state index in [1.54, 1.807) is 24.5 Å². The molecule has 0 spiro atoms. The van der Waals surface area contributed by atoms with Crippen molar-refractivity contribution in [2.75, 3.05) is 24.7 Å². The topological polar surface area (TPSA) is 110 Å². The summed E-state index contributed by atoms with van der Waals surface area (Å²) in [6, 6.07) is 8.60. The molecule has 8 heteroatoms. The van der Waals surface area contributed by atoms with E-state index in [9.17, 15) is 4.79 Å². The molecule has 0 saturated carbocycles. The van der Waals surface area contributed by atoms with E-state index < -0.39 is 5.97 Å². The molecule has 0 radical (unpaired) electrons. The van der Waals surface area contributed by atoms with Gasteiger partial charge in [-0.25, -0.2) is 9.78 Å². The lowest BCUT2D eigenvalue weighted by atomic mass is 10.1. The number of nitrogens with two attached hydrogens (primary N) is 1. The number of carboxylic acid groups (broad SMARTS) is 1. The van der Waals surface area contributed by atoms with Crippen LogP contribution in [0.15, 0.2) is 35.7 Å². The van der Waals surface area contributed by atoms with Crippen LogP contribution in [0.2, 0.25) is 0 Å². The number of hydrogen-bond acceptors (Lipinski definition) is 7. The largest absolute Gasteiger partial charge is 0.478 e. The standard InChI is InChI=1S/C16H16N4O3S/c1-23-12(13-3-2-6-24-13)8-18-14-10-7-9(15(21)22)4-5-11(10)19-16(17)20-14/h2-7,12H,8H2,1H3,(H,21,22)(H3,17,18,19,20)/t12-/m1/s1. The molecule has 1 atom stereocenters. The van der Waals surface area contributed by atoms with Crippen LogP contribution < -0.4 is 11.1 Å². The molecule has 0 aliphatic carbocycles. The third-order valence-electron chi connectivity index (χ3n) is 3.56. The van der Waals surface area contributed by atoms with Gasteiger partial charge < -0.3 is 20.9 Å². The van der Waals surface area contributed by atoms with Crippen LogP contribution in [0, 0.1) is 0 Å². The summed E-state index contributed by atoms with van der Waals surface area (Å²) in [4.78, 5) is 20.6. The zero-order valence-corrected chi connectivity index (χ0v) is 13.7. The average molecular weight is 344 g/mol. The number of fused-ring (bicyclic) bond motifs is 1. The number of carboxylic acids is 1. The van der Waals surface area contributed by atoms with Gasteiger partial charge in [0.1, 0.15) is 11.9 Å². The number of hydrogen-bond donors (Lipinski definition) is 3. The molecule has 3 aromatic rings. The Morgan fingerprint density at radius 3 is 2.92 bits per heavy atom. The Kier molecular flexibility index (Phi) is 4.59. The third-order valence-corrected chi connectivity index (χ3v) is 4.52. The zero-order chi connectivity index (χ0) is 17.1. The van der Waals surface area contributed by atoms with E-state index >= 15 is 0 Å². The number of anilines is 2. The first-order chi connectivity index (χ1) is 11.6. The van der Waals surface area contributed by atoms with E-state index in [4.69, 9.17) is 15.6 Å². The van der Waals surface area contributed by atoms with Crippen molar-refractivity contribution in [2.24, 2.45) is 0 Å². The van der Waals surface area contributed by atoms with Gasteiger partial charge in [0.15, 0.2) is 0 Å². The van der Waals surface area contributed by atoms with Gasteiger partial charge in [-0.3, -0.25) is 0 Å². The van der Waals surface area contributed by atoms with Gasteiger partial charge >= 0.3 is 5.97 Å². The monoisotopic (exact) mass is 344 g/mol. The van der Waals surface area contributed by atoms with Gasteiger partial charge in [0.25, 0.3) is 0 Å². The molecule has 0 aliphatic heterocycles. The Balaban J connectivity index is 1.92. The SMILES string of the molecule is CO[C@H](CNc1nc(N)nc2ccc(C(=O)O)cc12)c1cccs1. The average Bonchev–Trinajstić information content (AvgIpc) is 3.09. The highest BCUT2D eigenvalue weighted by Gasteiger charge is 2.14. The smallest absolute Gasteiger partial charge is 0.335 e. The van der Waals surface area contributed by atoms with E-state index in [-0.39, 0.29) is 17.6 Å². The van der Waals surface area contributed by atoms with Crippen molar-refractivity contribution in [1.82, 2.24) is 9.97 Å². The van der Waals surface area contributed by atoms with Crippen molar-refractivity contribution in [2.45, 2.75) is 6.10 Å². The van der Waals surface area contributed by atoms with Gasteiger partial charge in [0, 0.05) is 23.9 Å². The minimum Gasteiger partial charge on any atom is -0.478 e. The number of thiophene rings is 1. The van der Waals surface area contributed by atoms with E-state index in [0.717, 1.165) is 4.88 Å². The lowest BCUT2D eigenvalue weighted by Gasteiger charge is -2.16. The van der Waals surface area contributed by atoms with Gasteiger partial charge in [-0.15, -0.1) is 11.3 Å². The van der Waals surface area contributed by atoms with Crippen LogP contribution in [0.4, 0.5) is 11.8 Å². The van der Waals surface area contributed by atoms with Crippen LogP contribution in [-0.2, 0) is 4.74 Å². The predicted molar refractivity (Wildman–Crippen MR) is 93.5 cm³/mol. The van der Waals surface area contributed by atoms with Gasteiger partial charge in [0.2, 0.25) is 5.95 Å². The molecule has 24 heavy (non-hydrogen) atoms. The first-order valence-corrected chi connectivity index (χ1v) is 8.07. The molecule has 0 unspecified atom stereocenters. The maximum absolute atomic E-state index is 11.2. The van der Waals surface area contributed by atoms with Crippen LogP contribution in [0.3, 0.4) is 0 Å². The molecule has 0 aliphatic rings. The molecule has 3 rings (SSSR count). The van der Waals surface area contributed by atoms with E-state index in [2.05, 4.69) is 15.3 Å². The number of nitrogens with zero attached hydrogens (tertiary/aromatic N) is 2. The summed E-state index contributed by atoms with van der Waals surface area (Å²) in [5.41, 5.74) is 6.50. The number of carbonyl (C=O) groups is 1. The lowest BCUT2D eigenvalue weighted by molar-refractivity contribution is 0.0697. The first-order valence-electron chi connectivity index (χ1n) is 7.19. The Morgan fingerprint density at radius 1 is 1.42 bits per heavy atom. The summed E-state index contributed by atoms with van der Waals surface area (Å²) in [5.74, 6) is -0.398. The second-order valence-electron chi connectivity index (χ2n) is 5.09. The third kappa shape index (κ3) is 3.29. The normalized spacial score (nSPS) is 12.2. The van der Waals surface area contributed by atoms with Crippen LogP contribution in [0.5, 0.6) is 0 Å². The summed E-state index contributed by atoms with van der Waals surface area (Å²) in [5, 5.41) is 14.9. The highest BCUT2D eigenvalue weighted by molar-refractivity contribution is 7.10. The number of rotatable bonds is 6. The van der Waals surface area contributed by atoms with Crippen molar-refractivity contribution in [3.05, 3.63) is 46.2 Å². The lowest BCUT2D eigenvalue weighted by Crippen LogP contribution is -2.15. The van der Waals surface area contributed by atoms with E-state index in [1.807, 2.05) is 17.5 Å². The summed E-state index contributed by atoms with van der Waals surface area (Å²) in [6.07, 6.45) is -0.140. The number of nitrogens with one attached hydrogen (secondary N) is 1. The Bertz CT molecular complexity index is 867. The predicted octanol–water partition coefficient (Wildman–Crippen LogP) is 2.77. The van der Waals surface area contributed by atoms with Crippen LogP contribution in [0.1, 0.15) is 21.3 Å². The number of ether oxygens (including phenoxy) is 1. The molecule has 2 aromatic heterocycles. The maximum Gasteiger partial charge on any atom is 0.335 e. The van der Waals surface area contributed by atoms with E-state index in [1.165, 1.54) is 12.1 Å². The molecule has 0 saturated heterocycles. The molecular weight excluding hydrogens is 328 g/mol. The number of nitrogen functional groups attached to an aromatic ring is 1. The van der Waals surface area contributed by atoms with Gasteiger partial charge in [-0.2, -0.15) is 4.98 Å². The number of methoxy groups -OCH3 is 1. The summed E-state index contributed by atoms with van der Waals surface area (Å²) < 4.78 is 5.50. The molecule has 4 N–H and O–H groups in total. The first kappa shape index (κ1) is 16.2. The second-order valence-corrected chi connectivity index (χ2v) is 6.07. The highest BCUT2D eigenvalue weighted by atomic mass is 32.1. The Morgan fingerprint density at radius 2 is 2.25 bits per heavy atom. The summed E-state index contributed by atoms with van der Waals surface area (Å²) >= 11 is 1.60. The second kappa shape index (κ2) is 6.81. The van der Waals surface area contributed by atoms with Gasteiger partial charge in [-0.05, 0) is 29.6 Å². The van der Waals surface area contributed by atoms with Crippen LogP contribution in [0.25, 0.3) is 10.9 Å². The molecule has 124 valence electrons. The van der Waals surface area contributed by atoms with Gasteiger partial charge in [-0.1, -0.05) is 6.07 Å². The minimum atomic E-state index is -1.01. The molecule has 0 fully saturated rings. The maximum atomic E-state index is 11.2. The minimum absolute atomic E-state index is 0.123.